The van der Waals surface area contributed by atoms with Gasteiger partial charge in [0.15, 0.2) is 0 Å². The first-order valence-electron chi connectivity index (χ1n) is 3.17. The van der Waals surface area contributed by atoms with Crippen LogP contribution in [-0.4, -0.2) is 12.5 Å². The number of carboxylic acid groups (broad SMARTS) is 1. The van der Waals surface area contributed by atoms with E-state index in [1.54, 1.807) is 0 Å². The Kier molecular flexibility index (Phi) is 14.1. The van der Waals surface area contributed by atoms with Crippen LogP contribution in [0.2, 0.25) is 0 Å². The van der Waals surface area contributed by atoms with Crippen molar-refractivity contribution in [3.8, 4) is 0 Å². The molecule has 0 aromatic rings. The van der Waals surface area contributed by atoms with Crippen molar-refractivity contribution in [1.82, 2.24) is 0 Å². The van der Waals surface area contributed by atoms with Crippen molar-refractivity contribution in [3.63, 3.8) is 0 Å². The van der Waals surface area contributed by atoms with Crippen molar-refractivity contribution in [3.05, 3.63) is 0 Å². The van der Waals surface area contributed by atoms with Gasteiger partial charge >= 0.3 is 58.2 Å². The van der Waals surface area contributed by atoms with E-state index in [-0.39, 0.29) is 64.6 Å². The van der Waals surface area contributed by atoms with E-state index in [4.69, 9.17) is 5.73 Å². The molecule has 0 unspecified atom stereocenters. The third-order valence-electron chi connectivity index (χ3n) is 1.09. The van der Waals surface area contributed by atoms with Crippen LogP contribution in [0.1, 0.15) is 25.7 Å². The predicted molar refractivity (Wildman–Crippen MR) is 32.5 cm³/mol. The van der Waals surface area contributed by atoms with E-state index >= 15 is 0 Å². The molecule has 10 heavy (non-hydrogen) atoms. The summed E-state index contributed by atoms with van der Waals surface area (Å²) in [6.07, 6.45) is 2.66. The molecule has 0 aliphatic rings. The van der Waals surface area contributed by atoms with Crippen LogP contribution in [0.15, 0.2) is 0 Å². The minimum atomic E-state index is -0.966. The quantitative estimate of drug-likeness (QED) is 0.480. The van der Waals surface area contributed by atoms with Gasteiger partial charge in [-0.2, -0.15) is 0 Å². The molecule has 0 radical (unpaired) electrons. The van der Waals surface area contributed by atoms with E-state index in [1.807, 2.05) is 0 Å². The number of unbranched alkanes of at least 4 members (excludes halogenated alkanes) is 2. The molecule has 54 valence electrons. The monoisotopic (exact) mass is 215 g/mol. The van der Waals surface area contributed by atoms with Crippen molar-refractivity contribution in [2.45, 2.75) is 25.7 Å². The van der Waals surface area contributed by atoms with E-state index in [9.17, 15) is 9.90 Å². The minimum Gasteiger partial charge on any atom is -0.550 e. The fraction of sp³-hybridized carbons (Fsp3) is 0.833. The predicted octanol–water partition coefficient (Wildman–Crippen LogP) is -3.74. The normalized spacial score (nSPS) is 8.50. The molecule has 4 heteroatoms. The third kappa shape index (κ3) is 12.0. The van der Waals surface area contributed by atoms with Crippen molar-refractivity contribution in [1.29, 1.82) is 0 Å². The number of aliphatic carboxylic acids is 1. The Hall–Kier alpha value is 1.24. The molecule has 2 N–H and O–H groups in total. The molecular formula is C6H12NO2Rb. The molecule has 3 nitrogen and oxygen atoms in total. The van der Waals surface area contributed by atoms with Gasteiger partial charge in [0.2, 0.25) is 0 Å². The molecular weight excluding hydrogens is 204 g/mol. The number of hydrogen-bond donors (Lipinski definition) is 1. The second-order valence-electron chi connectivity index (χ2n) is 1.97. The van der Waals surface area contributed by atoms with Crippen molar-refractivity contribution < 1.29 is 68.1 Å². The van der Waals surface area contributed by atoms with Gasteiger partial charge in [-0.15, -0.1) is 0 Å². The van der Waals surface area contributed by atoms with Crippen LogP contribution < -0.4 is 69.0 Å². The summed E-state index contributed by atoms with van der Waals surface area (Å²) in [5, 5.41) is 9.82. The fourth-order valence-electron chi connectivity index (χ4n) is 0.590. The molecule has 0 aliphatic carbocycles. The number of carboxylic acids is 1. The van der Waals surface area contributed by atoms with Crippen LogP contribution >= 0.6 is 0 Å². The Morgan fingerprint density at radius 1 is 1.30 bits per heavy atom. The molecule has 0 heterocycles. The van der Waals surface area contributed by atoms with Gasteiger partial charge < -0.3 is 15.6 Å². The molecule has 0 aromatic carbocycles. The summed E-state index contributed by atoms with van der Waals surface area (Å²) in [5.41, 5.74) is 5.18. The van der Waals surface area contributed by atoms with Crippen LogP contribution in [0.4, 0.5) is 0 Å². The average Bonchev–Trinajstić information content (AvgIpc) is 1.80. The first-order valence-corrected chi connectivity index (χ1v) is 3.17. The van der Waals surface area contributed by atoms with Gasteiger partial charge in [-0.25, -0.2) is 0 Å². The SMILES string of the molecule is NCCCCCC(=O)[O-].[Rb+]. The molecule has 0 spiro atoms. The largest absolute Gasteiger partial charge is 1.00 e. The third-order valence-corrected chi connectivity index (χ3v) is 1.09. The van der Waals surface area contributed by atoms with Crippen LogP contribution in [-0.2, 0) is 4.79 Å². The Morgan fingerprint density at radius 3 is 2.30 bits per heavy atom. The van der Waals surface area contributed by atoms with Gasteiger partial charge in [0.1, 0.15) is 0 Å². The van der Waals surface area contributed by atoms with Gasteiger partial charge in [-0.1, -0.05) is 6.42 Å². The summed E-state index contributed by atoms with van der Waals surface area (Å²) in [6.45, 7) is 0.646. The van der Waals surface area contributed by atoms with Crippen LogP contribution in [0, 0.1) is 0 Å². The second kappa shape index (κ2) is 10.2. The number of carbonyl (C=O) groups excluding carboxylic acids is 1. The zero-order valence-electron chi connectivity index (χ0n) is 6.43. The van der Waals surface area contributed by atoms with Gasteiger partial charge in [-0.05, 0) is 25.8 Å². The average molecular weight is 216 g/mol. The summed E-state index contributed by atoms with van der Waals surface area (Å²) in [6, 6.07) is 0. The molecule has 0 aromatic heterocycles. The van der Waals surface area contributed by atoms with E-state index in [0.717, 1.165) is 12.8 Å². The zero-order chi connectivity index (χ0) is 7.11. The van der Waals surface area contributed by atoms with E-state index < -0.39 is 5.97 Å². The summed E-state index contributed by atoms with van der Waals surface area (Å²) >= 11 is 0. The Balaban J connectivity index is 0. The van der Waals surface area contributed by atoms with Crippen LogP contribution in [0.5, 0.6) is 0 Å². The smallest absolute Gasteiger partial charge is 0.550 e. The summed E-state index contributed by atoms with van der Waals surface area (Å²) in [4.78, 5) is 9.82. The van der Waals surface area contributed by atoms with Crippen LogP contribution in [0.25, 0.3) is 0 Å². The van der Waals surface area contributed by atoms with Gasteiger partial charge in [0.05, 0.1) is 0 Å². The van der Waals surface area contributed by atoms with Gasteiger partial charge in [0.25, 0.3) is 0 Å². The van der Waals surface area contributed by atoms with E-state index in [2.05, 4.69) is 0 Å². The standard InChI is InChI=1S/C6H13NO2.Rb/c7-5-3-1-2-4-6(8)9;/h1-5,7H2,(H,8,9);/q;+1/p-1. The molecule has 0 bridgehead atoms. The van der Waals surface area contributed by atoms with E-state index in [0.29, 0.717) is 13.0 Å². The Labute approximate surface area is 110 Å². The van der Waals surface area contributed by atoms with E-state index in [1.165, 1.54) is 0 Å². The number of rotatable bonds is 5. The molecule has 0 fully saturated rings. The molecule has 0 saturated heterocycles. The second-order valence-corrected chi connectivity index (χ2v) is 1.97. The first-order chi connectivity index (χ1) is 4.27. The maximum Gasteiger partial charge on any atom is 1.00 e. The summed E-state index contributed by atoms with van der Waals surface area (Å²) in [7, 11) is 0. The number of nitrogens with two attached hydrogens (primary N) is 1. The Morgan fingerprint density at radius 2 is 1.90 bits per heavy atom. The molecule has 0 rings (SSSR count). The fourth-order valence-corrected chi connectivity index (χ4v) is 0.590. The Bertz CT molecular complexity index is 87.8. The van der Waals surface area contributed by atoms with Crippen molar-refractivity contribution in [2.24, 2.45) is 5.73 Å². The number of hydrogen-bond acceptors (Lipinski definition) is 3. The topological polar surface area (TPSA) is 66.2 Å². The summed E-state index contributed by atoms with van der Waals surface area (Å²) in [5.74, 6) is -0.966. The minimum absolute atomic E-state index is 0. The first kappa shape index (κ1) is 13.8. The maximum atomic E-state index is 9.82. The van der Waals surface area contributed by atoms with Crippen molar-refractivity contribution in [2.75, 3.05) is 6.54 Å². The van der Waals surface area contributed by atoms with Gasteiger partial charge in [0, 0.05) is 5.97 Å². The van der Waals surface area contributed by atoms with Crippen molar-refractivity contribution >= 4 is 5.97 Å². The molecule has 0 saturated carbocycles. The maximum absolute atomic E-state index is 9.82. The number of carbonyl (C=O) groups is 1. The molecule has 0 atom stereocenters. The van der Waals surface area contributed by atoms with Gasteiger partial charge in [-0.3, -0.25) is 0 Å². The molecule has 0 amide bonds. The zero-order valence-corrected chi connectivity index (χ0v) is 11.3. The summed E-state index contributed by atoms with van der Waals surface area (Å²) < 4.78 is 0. The van der Waals surface area contributed by atoms with Crippen LogP contribution in [0.3, 0.4) is 0 Å². The molecule has 0 aliphatic heterocycles.